The summed E-state index contributed by atoms with van der Waals surface area (Å²) >= 11 is 3.63. The van der Waals surface area contributed by atoms with Gasteiger partial charge in [-0.05, 0) is 41.3 Å². The molecule has 1 saturated heterocycles. The quantitative estimate of drug-likeness (QED) is 0.908. The summed E-state index contributed by atoms with van der Waals surface area (Å²) in [6.07, 6.45) is 4.55. The van der Waals surface area contributed by atoms with Gasteiger partial charge in [0.05, 0.1) is 16.4 Å². The summed E-state index contributed by atoms with van der Waals surface area (Å²) in [6.45, 7) is 6.46. The van der Waals surface area contributed by atoms with E-state index in [1.807, 2.05) is 6.92 Å². The van der Waals surface area contributed by atoms with E-state index in [1.54, 1.807) is 6.20 Å². The molecule has 0 spiro atoms. The van der Waals surface area contributed by atoms with Crippen LogP contribution in [-0.4, -0.2) is 42.1 Å². The van der Waals surface area contributed by atoms with E-state index >= 15 is 0 Å². The largest absolute Gasteiger partial charge is 0.397 e. The molecule has 98 valence electrons. The number of nitrogen functional groups attached to an aromatic ring is 1. The van der Waals surface area contributed by atoms with Gasteiger partial charge < -0.3 is 10.6 Å². The Morgan fingerprint density at radius 2 is 1.94 bits per heavy atom. The summed E-state index contributed by atoms with van der Waals surface area (Å²) < 4.78 is 1.04. The van der Waals surface area contributed by atoms with Crippen LogP contribution in [0, 0.1) is 6.92 Å². The summed E-state index contributed by atoms with van der Waals surface area (Å²) in [5.74, 6) is 1.04. The normalized spacial score (nSPS) is 21.3. The Bertz CT molecular complexity index is 451. The zero-order chi connectivity index (χ0) is 12.7. The number of hydrogen-bond donors (Lipinski definition) is 1. The summed E-state index contributed by atoms with van der Waals surface area (Å²) in [5, 5.41) is 0. The Morgan fingerprint density at radius 3 is 2.56 bits per heavy atom. The number of nitrogens with zero attached hydrogens (tertiary/aromatic N) is 3. The molecule has 2 aliphatic rings. The number of hydrogen-bond acceptors (Lipinski definition) is 4. The standard InChI is InChI=1S/C13H19BrN4/c1-9-11(15)8-16-13(12(9)14)18-6-4-17(5-7-18)10-2-3-10/h8,10H,2-7,15H2,1H3. The maximum absolute atomic E-state index is 5.87. The van der Waals surface area contributed by atoms with E-state index in [-0.39, 0.29) is 0 Å². The molecule has 4 nitrogen and oxygen atoms in total. The topological polar surface area (TPSA) is 45.4 Å². The Kier molecular flexibility index (Phi) is 3.20. The molecule has 0 bridgehead atoms. The van der Waals surface area contributed by atoms with Gasteiger partial charge >= 0.3 is 0 Å². The first-order valence-corrected chi connectivity index (χ1v) is 7.35. The zero-order valence-electron chi connectivity index (χ0n) is 10.7. The van der Waals surface area contributed by atoms with Gasteiger partial charge in [-0.2, -0.15) is 0 Å². The molecule has 1 aliphatic carbocycles. The number of pyridine rings is 1. The van der Waals surface area contributed by atoms with Crippen molar-refractivity contribution in [3.63, 3.8) is 0 Å². The minimum Gasteiger partial charge on any atom is -0.397 e. The summed E-state index contributed by atoms with van der Waals surface area (Å²) in [4.78, 5) is 9.45. The summed E-state index contributed by atoms with van der Waals surface area (Å²) in [6, 6.07) is 0.872. The molecule has 0 amide bonds. The van der Waals surface area contributed by atoms with Gasteiger partial charge in [0.2, 0.25) is 0 Å². The van der Waals surface area contributed by atoms with Crippen molar-refractivity contribution in [3.05, 3.63) is 16.2 Å². The van der Waals surface area contributed by atoms with E-state index in [2.05, 4.69) is 30.7 Å². The van der Waals surface area contributed by atoms with Crippen LogP contribution in [0.1, 0.15) is 18.4 Å². The van der Waals surface area contributed by atoms with Crippen LogP contribution in [0.2, 0.25) is 0 Å². The van der Waals surface area contributed by atoms with E-state index < -0.39 is 0 Å². The van der Waals surface area contributed by atoms with Gasteiger partial charge in [-0.3, -0.25) is 4.90 Å². The lowest BCUT2D eigenvalue weighted by molar-refractivity contribution is 0.247. The third kappa shape index (κ3) is 2.21. The SMILES string of the molecule is Cc1c(N)cnc(N2CCN(C3CC3)CC2)c1Br. The minimum atomic E-state index is 0.752. The van der Waals surface area contributed by atoms with E-state index in [9.17, 15) is 0 Å². The van der Waals surface area contributed by atoms with Crippen LogP contribution < -0.4 is 10.6 Å². The molecule has 0 radical (unpaired) electrons. The van der Waals surface area contributed by atoms with Crippen molar-refractivity contribution in [2.24, 2.45) is 0 Å². The highest BCUT2D eigenvalue weighted by atomic mass is 79.9. The van der Waals surface area contributed by atoms with Crippen molar-refractivity contribution in [3.8, 4) is 0 Å². The Hall–Kier alpha value is -0.810. The molecule has 2 N–H and O–H groups in total. The van der Waals surface area contributed by atoms with Crippen LogP contribution in [0.15, 0.2) is 10.7 Å². The van der Waals surface area contributed by atoms with Gasteiger partial charge in [-0.15, -0.1) is 0 Å². The molecule has 18 heavy (non-hydrogen) atoms. The van der Waals surface area contributed by atoms with E-state index in [1.165, 1.54) is 12.8 Å². The predicted molar refractivity (Wildman–Crippen MR) is 77.9 cm³/mol. The van der Waals surface area contributed by atoms with E-state index in [4.69, 9.17) is 5.73 Å². The van der Waals surface area contributed by atoms with Crippen LogP contribution in [-0.2, 0) is 0 Å². The van der Waals surface area contributed by atoms with Gasteiger partial charge in [0.25, 0.3) is 0 Å². The number of aromatic nitrogens is 1. The van der Waals surface area contributed by atoms with E-state index in [0.717, 1.165) is 53.8 Å². The molecule has 0 atom stereocenters. The van der Waals surface area contributed by atoms with Gasteiger partial charge in [0.1, 0.15) is 5.82 Å². The Balaban J connectivity index is 1.74. The first kappa shape index (κ1) is 12.2. The van der Waals surface area contributed by atoms with Gasteiger partial charge in [-0.1, -0.05) is 0 Å². The molecular weight excluding hydrogens is 292 g/mol. The van der Waals surface area contributed by atoms with Crippen molar-refractivity contribution in [2.45, 2.75) is 25.8 Å². The van der Waals surface area contributed by atoms with Crippen molar-refractivity contribution in [1.82, 2.24) is 9.88 Å². The molecule has 1 aromatic heterocycles. The summed E-state index contributed by atoms with van der Waals surface area (Å²) in [7, 11) is 0. The monoisotopic (exact) mass is 310 g/mol. The van der Waals surface area contributed by atoms with Crippen LogP contribution in [0.25, 0.3) is 0 Å². The van der Waals surface area contributed by atoms with Crippen LogP contribution >= 0.6 is 15.9 Å². The Labute approximate surface area is 116 Å². The van der Waals surface area contributed by atoms with Crippen molar-refractivity contribution < 1.29 is 0 Å². The maximum Gasteiger partial charge on any atom is 0.143 e. The second kappa shape index (κ2) is 4.70. The maximum atomic E-state index is 5.87. The third-order valence-electron chi connectivity index (χ3n) is 3.96. The summed E-state index contributed by atoms with van der Waals surface area (Å²) in [5.41, 5.74) is 7.71. The molecular formula is C13H19BrN4. The van der Waals surface area contributed by atoms with Crippen LogP contribution in [0.4, 0.5) is 11.5 Å². The molecule has 2 heterocycles. The highest BCUT2D eigenvalue weighted by Crippen LogP contribution is 2.32. The Morgan fingerprint density at radius 1 is 1.28 bits per heavy atom. The molecule has 5 heteroatoms. The van der Waals surface area contributed by atoms with Crippen molar-refractivity contribution in [1.29, 1.82) is 0 Å². The highest BCUT2D eigenvalue weighted by Gasteiger charge is 2.31. The molecule has 1 saturated carbocycles. The number of piperazine rings is 1. The van der Waals surface area contributed by atoms with E-state index in [0.29, 0.717) is 0 Å². The number of nitrogens with two attached hydrogens (primary N) is 1. The first-order valence-electron chi connectivity index (χ1n) is 6.56. The number of halogens is 1. The van der Waals surface area contributed by atoms with Crippen LogP contribution in [0.5, 0.6) is 0 Å². The lowest BCUT2D eigenvalue weighted by Gasteiger charge is -2.36. The lowest BCUT2D eigenvalue weighted by atomic mass is 10.2. The zero-order valence-corrected chi connectivity index (χ0v) is 12.3. The second-order valence-electron chi connectivity index (χ2n) is 5.23. The van der Waals surface area contributed by atoms with Gasteiger partial charge in [0, 0.05) is 32.2 Å². The second-order valence-corrected chi connectivity index (χ2v) is 6.02. The van der Waals surface area contributed by atoms with Crippen LogP contribution in [0.3, 0.4) is 0 Å². The first-order chi connectivity index (χ1) is 8.66. The lowest BCUT2D eigenvalue weighted by Crippen LogP contribution is -2.47. The fraction of sp³-hybridized carbons (Fsp3) is 0.615. The average molecular weight is 311 g/mol. The molecule has 2 fully saturated rings. The highest BCUT2D eigenvalue weighted by molar-refractivity contribution is 9.10. The molecule has 3 rings (SSSR count). The van der Waals surface area contributed by atoms with Crippen molar-refractivity contribution in [2.75, 3.05) is 36.8 Å². The molecule has 0 aromatic carbocycles. The van der Waals surface area contributed by atoms with Gasteiger partial charge in [0.15, 0.2) is 0 Å². The minimum absolute atomic E-state index is 0.752. The molecule has 0 unspecified atom stereocenters. The fourth-order valence-corrected chi connectivity index (χ4v) is 3.12. The fourth-order valence-electron chi connectivity index (χ4n) is 2.54. The molecule has 1 aromatic rings. The number of anilines is 2. The van der Waals surface area contributed by atoms with Gasteiger partial charge in [-0.25, -0.2) is 4.98 Å². The smallest absolute Gasteiger partial charge is 0.143 e. The molecule has 1 aliphatic heterocycles. The third-order valence-corrected chi connectivity index (χ3v) is 4.91. The van der Waals surface area contributed by atoms with Crippen molar-refractivity contribution >= 4 is 27.4 Å². The number of rotatable bonds is 2. The average Bonchev–Trinajstić information content (AvgIpc) is 3.21. The predicted octanol–water partition coefficient (Wildman–Crippen LogP) is 2.02.